The van der Waals surface area contributed by atoms with Gasteiger partial charge in [-0.1, -0.05) is 24.3 Å². The normalized spacial score (nSPS) is 16.3. The van der Waals surface area contributed by atoms with Gasteiger partial charge in [0.05, 0.1) is 13.2 Å². The first-order valence-corrected chi connectivity index (χ1v) is 9.76. The number of carbonyl (C=O) groups is 1. The lowest BCUT2D eigenvalue weighted by atomic mass is 10.00. The van der Waals surface area contributed by atoms with Crippen molar-refractivity contribution in [1.82, 2.24) is 10.2 Å². The minimum absolute atomic E-state index is 0.0605. The quantitative estimate of drug-likeness (QED) is 0.827. The van der Waals surface area contributed by atoms with E-state index in [1.165, 1.54) is 11.1 Å². The predicted octanol–water partition coefficient (Wildman–Crippen LogP) is 3.03. The second-order valence-corrected chi connectivity index (χ2v) is 7.12. The summed E-state index contributed by atoms with van der Waals surface area (Å²) in [5, 5.41) is 3.02. The molecule has 0 spiro atoms. The van der Waals surface area contributed by atoms with Gasteiger partial charge in [0.15, 0.2) is 11.5 Å². The maximum Gasteiger partial charge on any atom is 0.251 e. The summed E-state index contributed by atoms with van der Waals surface area (Å²) >= 11 is 0. The second-order valence-electron chi connectivity index (χ2n) is 7.12. The fourth-order valence-electron chi connectivity index (χ4n) is 3.66. The lowest BCUT2D eigenvalue weighted by molar-refractivity contribution is 0.0951. The van der Waals surface area contributed by atoms with Crippen molar-refractivity contribution in [2.45, 2.75) is 25.8 Å². The van der Waals surface area contributed by atoms with Gasteiger partial charge in [0, 0.05) is 38.2 Å². The van der Waals surface area contributed by atoms with Crippen molar-refractivity contribution in [3.05, 3.63) is 59.2 Å². The number of carbonyl (C=O) groups excluding carboxylic acids is 1. The van der Waals surface area contributed by atoms with Gasteiger partial charge >= 0.3 is 0 Å². The Balaban J connectivity index is 1.24. The first kappa shape index (κ1) is 17.9. The van der Waals surface area contributed by atoms with Gasteiger partial charge in [0.2, 0.25) is 0 Å². The highest BCUT2D eigenvalue weighted by Crippen LogP contribution is 2.30. The Morgan fingerprint density at radius 1 is 1.04 bits per heavy atom. The van der Waals surface area contributed by atoms with Gasteiger partial charge in [-0.25, -0.2) is 0 Å². The Morgan fingerprint density at radius 3 is 2.74 bits per heavy atom. The molecule has 0 aromatic heterocycles. The minimum atomic E-state index is -0.0605. The van der Waals surface area contributed by atoms with Gasteiger partial charge < -0.3 is 14.8 Å². The van der Waals surface area contributed by atoms with Crippen LogP contribution >= 0.6 is 0 Å². The van der Waals surface area contributed by atoms with Crippen LogP contribution in [0.4, 0.5) is 0 Å². The third-order valence-electron chi connectivity index (χ3n) is 5.16. The molecule has 2 aromatic carbocycles. The molecule has 0 radical (unpaired) electrons. The zero-order valence-corrected chi connectivity index (χ0v) is 15.6. The van der Waals surface area contributed by atoms with E-state index >= 15 is 0 Å². The topological polar surface area (TPSA) is 50.8 Å². The van der Waals surface area contributed by atoms with E-state index in [0.717, 1.165) is 44.6 Å². The van der Waals surface area contributed by atoms with E-state index in [4.69, 9.17) is 9.47 Å². The number of hydrogen-bond acceptors (Lipinski definition) is 4. The molecule has 27 heavy (non-hydrogen) atoms. The van der Waals surface area contributed by atoms with Crippen LogP contribution in [0.2, 0.25) is 0 Å². The summed E-state index contributed by atoms with van der Waals surface area (Å²) < 4.78 is 11.3. The third kappa shape index (κ3) is 4.42. The Kier molecular flexibility index (Phi) is 5.58. The molecule has 2 aromatic rings. The molecule has 2 aliphatic heterocycles. The van der Waals surface area contributed by atoms with Crippen molar-refractivity contribution in [1.29, 1.82) is 0 Å². The molecule has 142 valence electrons. The number of hydrogen-bond donors (Lipinski definition) is 1. The molecule has 1 N–H and O–H groups in total. The van der Waals surface area contributed by atoms with Gasteiger partial charge in [-0.15, -0.1) is 0 Å². The minimum Gasteiger partial charge on any atom is -0.490 e. The highest BCUT2D eigenvalue weighted by atomic mass is 16.5. The molecule has 0 atom stereocenters. The van der Waals surface area contributed by atoms with Crippen LogP contribution in [0, 0.1) is 0 Å². The standard InChI is InChI=1S/C22H26N2O3/c25-22(18-7-8-20-21(15-18)27-14-4-13-26-20)23-10-3-11-24-12-9-17-5-1-2-6-19(17)16-24/h1-2,5-8,15H,3-4,9-14,16H2,(H,23,25). The summed E-state index contributed by atoms with van der Waals surface area (Å²) in [6, 6.07) is 14.1. The van der Waals surface area contributed by atoms with Gasteiger partial charge in [-0.05, 0) is 42.2 Å². The molecule has 0 saturated heterocycles. The molecule has 5 nitrogen and oxygen atoms in total. The molecule has 0 bridgehead atoms. The number of amides is 1. The molecular weight excluding hydrogens is 340 g/mol. The summed E-state index contributed by atoms with van der Waals surface area (Å²) in [6.07, 6.45) is 2.91. The lowest BCUT2D eigenvalue weighted by Crippen LogP contribution is -2.33. The van der Waals surface area contributed by atoms with E-state index in [-0.39, 0.29) is 5.91 Å². The van der Waals surface area contributed by atoms with Crippen LogP contribution in [0.5, 0.6) is 11.5 Å². The third-order valence-corrected chi connectivity index (χ3v) is 5.16. The predicted molar refractivity (Wildman–Crippen MR) is 104 cm³/mol. The van der Waals surface area contributed by atoms with Crippen molar-refractivity contribution < 1.29 is 14.3 Å². The van der Waals surface area contributed by atoms with Crippen LogP contribution in [0.3, 0.4) is 0 Å². The van der Waals surface area contributed by atoms with Crippen molar-refractivity contribution in [3.63, 3.8) is 0 Å². The average Bonchev–Trinajstić information content (AvgIpc) is 2.95. The van der Waals surface area contributed by atoms with E-state index in [2.05, 4.69) is 34.5 Å². The summed E-state index contributed by atoms with van der Waals surface area (Å²) in [4.78, 5) is 14.9. The van der Waals surface area contributed by atoms with E-state index in [1.54, 1.807) is 12.1 Å². The van der Waals surface area contributed by atoms with Crippen molar-refractivity contribution in [2.75, 3.05) is 32.8 Å². The largest absolute Gasteiger partial charge is 0.490 e. The van der Waals surface area contributed by atoms with Crippen molar-refractivity contribution in [3.8, 4) is 11.5 Å². The zero-order chi connectivity index (χ0) is 18.5. The monoisotopic (exact) mass is 366 g/mol. The van der Waals surface area contributed by atoms with Crippen LogP contribution in [0.1, 0.15) is 34.3 Å². The molecule has 0 aliphatic carbocycles. The number of nitrogens with one attached hydrogen (secondary N) is 1. The number of benzene rings is 2. The number of fused-ring (bicyclic) bond motifs is 2. The van der Waals surface area contributed by atoms with E-state index in [0.29, 0.717) is 31.1 Å². The van der Waals surface area contributed by atoms with Gasteiger partial charge in [0.25, 0.3) is 5.91 Å². The maximum atomic E-state index is 12.4. The van der Waals surface area contributed by atoms with Crippen LogP contribution in [-0.4, -0.2) is 43.7 Å². The fourth-order valence-corrected chi connectivity index (χ4v) is 3.66. The van der Waals surface area contributed by atoms with Gasteiger partial charge in [-0.2, -0.15) is 0 Å². The molecule has 5 heteroatoms. The smallest absolute Gasteiger partial charge is 0.251 e. The Hall–Kier alpha value is -2.53. The van der Waals surface area contributed by atoms with E-state index in [9.17, 15) is 4.79 Å². The van der Waals surface area contributed by atoms with E-state index in [1.807, 2.05) is 6.07 Å². The van der Waals surface area contributed by atoms with Gasteiger partial charge in [0.1, 0.15) is 0 Å². The highest BCUT2D eigenvalue weighted by Gasteiger charge is 2.16. The Morgan fingerprint density at radius 2 is 1.85 bits per heavy atom. The maximum absolute atomic E-state index is 12.4. The van der Waals surface area contributed by atoms with Crippen molar-refractivity contribution in [2.24, 2.45) is 0 Å². The molecule has 0 fully saturated rings. The molecule has 1 amide bonds. The first-order chi connectivity index (χ1) is 13.3. The van der Waals surface area contributed by atoms with Crippen LogP contribution in [0.15, 0.2) is 42.5 Å². The number of ether oxygens (including phenoxy) is 2. The first-order valence-electron chi connectivity index (χ1n) is 9.76. The van der Waals surface area contributed by atoms with Gasteiger partial charge in [-0.3, -0.25) is 9.69 Å². The second kappa shape index (κ2) is 8.44. The Labute approximate surface area is 160 Å². The Bertz CT molecular complexity index is 806. The molecule has 4 rings (SSSR count). The van der Waals surface area contributed by atoms with Crippen molar-refractivity contribution >= 4 is 5.91 Å². The SMILES string of the molecule is O=C(NCCCN1CCc2ccccc2C1)c1ccc2c(c1)OCCCO2. The summed E-state index contributed by atoms with van der Waals surface area (Å²) in [7, 11) is 0. The highest BCUT2D eigenvalue weighted by molar-refractivity contribution is 5.94. The number of rotatable bonds is 5. The summed E-state index contributed by atoms with van der Waals surface area (Å²) in [6.45, 7) is 5.04. The number of nitrogens with zero attached hydrogens (tertiary/aromatic N) is 1. The summed E-state index contributed by atoms with van der Waals surface area (Å²) in [5.74, 6) is 1.32. The molecule has 0 saturated carbocycles. The summed E-state index contributed by atoms with van der Waals surface area (Å²) in [5.41, 5.74) is 3.52. The fraction of sp³-hybridized carbons (Fsp3) is 0.409. The molecule has 2 heterocycles. The lowest BCUT2D eigenvalue weighted by Gasteiger charge is -2.28. The molecule has 0 unspecified atom stereocenters. The molecular formula is C22H26N2O3. The van der Waals surface area contributed by atoms with E-state index < -0.39 is 0 Å². The van der Waals surface area contributed by atoms with Crippen LogP contribution < -0.4 is 14.8 Å². The molecule has 2 aliphatic rings. The average molecular weight is 366 g/mol. The zero-order valence-electron chi connectivity index (χ0n) is 15.6. The van der Waals surface area contributed by atoms with Crippen LogP contribution in [0.25, 0.3) is 0 Å². The van der Waals surface area contributed by atoms with Crippen LogP contribution in [-0.2, 0) is 13.0 Å².